The van der Waals surface area contributed by atoms with E-state index in [4.69, 9.17) is 5.11 Å². The number of urea groups is 1. The lowest BCUT2D eigenvalue weighted by atomic mass is 9.93. The van der Waals surface area contributed by atoms with Crippen LogP contribution in [-0.4, -0.2) is 42.4 Å². The first kappa shape index (κ1) is 22.3. The number of hydrogen-bond acceptors (Lipinski definition) is 7. The van der Waals surface area contributed by atoms with Crippen molar-refractivity contribution >= 4 is 41.6 Å². The Morgan fingerprint density at radius 2 is 1.73 bits per heavy atom. The highest BCUT2D eigenvalue weighted by atomic mass is 19.4. The minimum Gasteiger partial charge on any atom is -0.392 e. The Hall–Kier alpha value is -3.90. The van der Waals surface area contributed by atoms with Crippen LogP contribution in [0.15, 0.2) is 62.4 Å². The summed E-state index contributed by atoms with van der Waals surface area (Å²) in [6.07, 6.45) is -1.87. The monoisotopic (exact) mass is 457 g/mol. The van der Waals surface area contributed by atoms with Gasteiger partial charge in [0.05, 0.1) is 12.2 Å². The maximum Gasteiger partial charge on any atom is 0.416 e. The molecular weight excluding hydrogens is 439 g/mol. The smallest absolute Gasteiger partial charge is 0.392 e. The third-order valence-corrected chi connectivity index (χ3v) is 5.12. The standard InChI is InChI=1S/C21H18F3N7O2/c1-25-20(17-18(27-10-26-17)28-11-29-20)13-3-6-14(7-4-13)30-19(33)31-15-5-2-12(9-32)16(8-15)21(22,23)24/h2-8,10-11,25,32H,9H2,1H3,(H2,30,31,33). The van der Waals surface area contributed by atoms with Crippen molar-refractivity contribution in [3.05, 3.63) is 59.2 Å². The third-order valence-electron chi connectivity index (χ3n) is 5.12. The number of fused-ring (bicyclic) bond motifs is 1. The Balaban J connectivity index is 1.48. The van der Waals surface area contributed by atoms with Crippen molar-refractivity contribution in [2.75, 3.05) is 17.7 Å². The number of carbonyl (C=O) groups excluding carboxylic acids is 1. The molecule has 0 spiro atoms. The summed E-state index contributed by atoms with van der Waals surface area (Å²) in [4.78, 5) is 29.2. The number of alkyl halides is 3. The first-order valence-electron chi connectivity index (χ1n) is 9.68. The number of rotatable bonds is 5. The van der Waals surface area contributed by atoms with Crippen LogP contribution in [0.4, 0.5) is 29.3 Å². The highest BCUT2D eigenvalue weighted by molar-refractivity contribution is 6.50. The van der Waals surface area contributed by atoms with Crippen LogP contribution in [0.25, 0.3) is 0 Å². The Morgan fingerprint density at radius 3 is 2.39 bits per heavy atom. The number of nitrogens with zero attached hydrogens (tertiary/aromatic N) is 4. The van der Waals surface area contributed by atoms with E-state index < -0.39 is 30.0 Å². The topological polar surface area (TPSA) is 123 Å². The summed E-state index contributed by atoms with van der Waals surface area (Å²) in [5, 5.41) is 17.2. The summed E-state index contributed by atoms with van der Waals surface area (Å²) in [7, 11) is 1.72. The predicted octanol–water partition coefficient (Wildman–Crippen LogP) is 3.14. The molecule has 2 aliphatic heterocycles. The number of halogens is 3. The number of aliphatic hydroxyl groups is 1. The highest BCUT2D eigenvalue weighted by Crippen LogP contribution is 2.34. The van der Waals surface area contributed by atoms with Gasteiger partial charge in [0.25, 0.3) is 0 Å². The second kappa shape index (κ2) is 8.56. The molecule has 0 saturated carbocycles. The van der Waals surface area contributed by atoms with Crippen molar-refractivity contribution in [2.24, 2.45) is 20.0 Å². The van der Waals surface area contributed by atoms with E-state index in [1.165, 1.54) is 18.7 Å². The van der Waals surface area contributed by atoms with Gasteiger partial charge in [-0.05, 0) is 36.9 Å². The molecule has 2 amide bonds. The number of amides is 2. The quantitative estimate of drug-likeness (QED) is 0.552. The number of aliphatic imine (C=N–C) groups is 4. The fraction of sp³-hybridized carbons (Fsp3) is 0.190. The van der Waals surface area contributed by atoms with E-state index in [-0.39, 0.29) is 11.3 Å². The van der Waals surface area contributed by atoms with Crippen LogP contribution in [0.3, 0.4) is 0 Å². The fourth-order valence-electron chi connectivity index (χ4n) is 3.52. The lowest BCUT2D eigenvalue weighted by molar-refractivity contribution is -0.138. The Labute approximate surface area is 185 Å². The summed E-state index contributed by atoms with van der Waals surface area (Å²) in [5.41, 5.74) is -0.681. The molecule has 170 valence electrons. The third kappa shape index (κ3) is 4.25. The molecule has 12 heteroatoms. The normalized spacial score (nSPS) is 19.1. The molecule has 2 heterocycles. The molecule has 4 N–H and O–H groups in total. The molecule has 2 aromatic rings. The molecule has 2 aliphatic rings. The van der Waals surface area contributed by atoms with Crippen molar-refractivity contribution < 1.29 is 23.1 Å². The van der Waals surface area contributed by atoms with Crippen LogP contribution in [-0.2, 0) is 18.4 Å². The van der Waals surface area contributed by atoms with E-state index in [0.29, 0.717) is 17.2 Å². The first-order valence-corrected chi connectivity index (χ1v) is 9.68. The summed E-state index contributed by atoms with van der Waals surface area (Å²) in [6, 6.07) is 9.15. The lowest BCUT2D eigenvalue weighted by Gasteiger charge is -2.31. The molecule has 1 atom stereocenters. The van der Waals surface area contributed by atoms with Gasteiger partial charge >= 0.3 is 12.2 Å². The number of amidine groups is 1. The Morgan fingerprint density at radius 1 is 1.03 bits per heavy atom. The molecule has 33 heavy (non-hydrogen) atoms. The van der Waals surface area contributed by atoms with Gasteiger partial charge in [-0.15, -0.1) is 0 Å². The van der Waals surface area contributed by atoms with Crippen molar-refractivity contribution in [1.29, 1.82) is 0 Å². The van der Waals surface area contributed by atoms with E-state index in [1.807, 2.05) is 0 Å². The molecule has 2 aromatic carbocycles. The van der Waals surface area contributed by atoms with Crippen LogP contribution in [0.1, 0.15) is 16.7 Å². The van der Waals surface area contributed by atoms with E-state index in [1.54, 1.807) is 31.3 Å². The summed E-state index contributed by atoms with van der Waals surface area (Å²) in [5.74, 6) is 0.450. The average molecular weight is 457 g/mol. The number of carbonyl (C=O) groups is 1. The van der Waals surface area contributed by atoms with Crippen LogP contribution >= 0.6 is 0 Å². The van der Waals surface area contributed by atoms with E-state index in [9.17, 15) is 18.0 Å². The van der Waals surface area contributed by atoms with E-state index in [2.05, 4.69) is 35.9 Å². The second-order valence-electron chi connectivity index (χ2n) is 7.06. The summed E-state index contributed by atoms with van der Waals surface area (Å²) < 4.78 is 39.5. The van der Waals surface area contributed by atoms with Crippen LogP contribution in [0.2, 0.25) is 0 Å². The van der Waals surface area contributed by atoms with Gasteiger partial charge < -0.3 is 15.7 Å². The molecule has 0 saturated heterocycles. The van der Waals surface area contributed by atoms with Gasteiger partial charge in [0.15, 0.2) is 11.5 Å². The molecule has 0 aliphatic carbocycles. The number of benzene rings is 2. The van der Waals surface area contributed by atoms with Gasteiger partial charge in [-0.1, -0.05) is 18.2 Å². The zero-order valence-electron chi connectivity index (χ0n) is 17.2. The fourth-order valence-corrected chi connectivity index (χ4v) is 3.52. The van der Waals surface area contributed by atoms with Gasteiger partial charge in [0, 0.05) is 16.9 Å². The first-order chi connectivity index (χ1) is 15.8. The minimum absolute atomic E-state index is 0.0645. The molecule has 0 aromatic heterocycles. The van der Waals surface area contributed by atoms with Gasteiger partial charge in [-0.3, -0.25) is 5.32 Å². The van der Waals surface area contributed by atoms with Gasteiger partial charge in [0.1, 0.15) is 18.4 Å². The maximum absolute atomic E-state index is 13.2. The number of hydrogen-bond donors (Lipinski definition) is 4. The molecule has 0 bridgehead atoms. The second-order valence-corrected chi connectivity index (χ2v) is 7.06. The number of nitrogens with one attached hydrogen (secondary N) is 3. The van der Waals surface area contributed by atoms with Crippen LogP contribution < -0.4 is 16.0 Å². The number of anilines is 2. The Kier molecular flexibility index (Phi) is 5.78. The largest absolute Gasteiger partial charge is 0.416 e. The summed E-state index contributed by atoms with van der Waals surface area (Å²) in [6.45, 7) is -0.766. The maximum atomic E-state index is 13.2. The van der Waals surface area contributed by atoms with Gasteiger partial charge in [-0.2, -0.15) is 13.2 Å². The predicted molar refractivity (Wildman–Crippen MR) is 119 cm³/mol. The average Bonchev–Trinajstić information content (AvgIpc) is 3.28. The van der Waals surface area contributed by atoms with E-state index >= 15 is 0 Å². The van der Waals surface area contributed by atoms with Crippen molar-refractivity contribution in [1.82, 2.24) is 5.32 Å². The molecule has 0 fully saturated rings. The van der Waals surface area contributed by atoms with Gasteiger partial charge in [0.2, 0.25) is 0 Å². The molecule has 9 nitrogen and oxygen atoms in total. The minimum atomic E-state index is -4.66. The van der Waals surface area contributed by atoms with Crippen LogP contribution in [0.5, 0.6) is 0 Å². The highest BCUT2D eigenvalue weighted by Gasteiger charge is 2.41. The van der Waals surface area contributed by atoms with Gasteiger partial charge in [-0.25, -0.2) is 24.8 Å². The van der Waals surface area contributed by atoms with Crippen LogP contribution in [0, 0.1) is 0 Å². The number of aliphatic hydroxyl groups excluding tert-OH is 1. The molecular formula is C21H18F3N7O2. The summed E-state index contributed by atoms with van der Waals surface area (Å²) >= 11 is 0. The molecule has 0 radical (unpaired) electrons. The molecule has 1 unspecified atom stereocenters. The molecule has 4 rings (SSSR count). The lowest BCUT2D eigenvalue weighted by Crippen LogP contribution is -2.49. The zero-order valence-corrected chi connectivity index (χ0v) is 17.2. The van der Waals surface area contributed by atoms with E-state index in [0.717, 1.165) is 17.7 Å². The van der Waals surface area contributed by atoms with Crippen molar-refractivity contribution in [3.8, 4) is 0 Å². The SMILES string of the molecule is CNC1(c2ccc(NC(=O)Nc3ccc(CO)c(C(F)(F)F)c3)cc2)N=CN=C2N=CN=C21. The Bertz CT molecular complexity index is 1200. The van der Waals surface area contributed by atoms with Crippen molar-refractivity contribution in [2.45, 2.75) is 18.4 Å². The van der Waals surface area contributed by atoms with Crippen molar-refractivity contribution in [3.63, 3.8) is 0 Å². The zero-order chi connectivity index (χ0) is 23.6.